The fourth-order valence-electron chi connectivity index (χ4n) is 3.21. The fourth-order valence-corrected chi connectivity index (χ4v) is 3.41. The molecule has 1 saturated heterocycles. The molecule has 0 aromatic carbocycles. The van der Waals surface area contributed by atoms with Crippen LogP contribution in [0.4, 0.5) is 11.5 Å². The van der Waals surface area contributed by atoms with Gasteiger partial charge in [0, 0.05) is 18.8 Å². The number of carbonyl (C=O) groups is 1. The van der Waals surface area contributed by atoms with E-state index in [1.54, 1.807) is 29.1 Å². The number of pyridine rings is 2. The van der Waals surface area contributed by atoms with Gasteiger partial charge in [-0.05, 0) is 44.2 Å². The maximum absolute atomic E-state index is 12.7. The highest BCUT2D eigenvalue weighted by Gasteiger charge is 2.17. The lowest BCUT2D eigenvalue weighted by atomic mass is 10.3. The molecule has 0 aliphatic carbocycles. The van der Waals surface area contributed by atoms with E-state index in [1.807, 2.05) is 26.0 Å². The van der Waals surface area contributed by atoms with Crippen LogP contribution in [0.15, 0.2) is 36.5 Å². The SMILES string of the molecule is Cc1cc(C)n(-c2ccc(Cl)c(C(=O)Nc3ccc(N4CCOCC4)cn3)n2)n1. The van der Waals surface area contributed by atoms with Crippen LogP contribution in [0.25, 0.3) is 5.82 Å². The summed E-state index contributed by atoms with van der Waals surface area (Å²) >= 11 is 6.22. The molecular weight excluding hydrogens is 392 g/mol. The van der Waals surface area contributed by atoms with E-state index in [4.69, 9.17) is 16.3 Å². The van der Waals surface area contributed by atoms with Gasteiger partial charge in [-0.25, -0.2) is 14.6 Å². The Morgan fingerprint density at radius 2 is 1.97 bits per heavy atom. The molecule has 150 valence electrons. The summed E-state index contributed by atoms with van der Waals surface area (Å²) in [5.74, 6) is 0.534. The zero-order chi connectivity index (χ0) is 20.4. The van der Waals surface area contributed by atoms with Crippen LogP contribution in [0.1, 0.15) is 21.9 Å². The van der Waals surface area contributed by atoms with Crippen LogP contribution in [0.2, 0.25) is 5.02 Å². The van der Waals surface area contributed by atoms with Crippen molar-refractivity contribution in [2.45, 2.75) is 13.8 Å². The van der Waals surface area contributed by atoms with Gasteiger partial charge >= 0.3 is 0 Å². The summed E-state index contributed by atoms with van der Waals surface area (Å²) in [5, 5.41) is 7.42. The predicted molar refractivity (Wildman–Crippen MR) is 111 cm³/mol. The Balaban J connectivity index is 1.52. The number of morpholine rings is 1. The van der Waals surface area contributed by atoms with Crippen molar-refractivity contribution in [3.05, 3.63) is 58.6 Å². The topological polar surface area (TPSA) is 85.2 Å². The first-order valence-corrected chi connectivity index (χ1v) is 9.69. The van der Waals surface area contributed by atoms with E-state index in [-0.39, 0.29) is 10.7 Å². The van der Waals surface area contributed by atoms with E-state index in [9.17, 15) is 4.79 Å². The molecule has 1 aliphatic rings. The summed E-state index contributed by atoms with van der Waals surface area (Å²) in [7, 11) is 0. The van der Waals surface area contributed by atoms with E-state index in [0.717, 1.165) is 30.2 Å². The van der Waals surface area contributed by atoms with Crippen molar-refractivity contribution in [2.75, 3.05) is 36.5 Å². The first-order chi connectivity index (χ1) is 14.0. The third-order valence-electron chi connectivity index (χ3n) is 4.64. The Hall–Kier alpha value is -2.97. The average Bonchev–Trinajstić information content (AvgIpc) is 3.07. The van der Waals surface area contributed by atoms with Gasteiger partial charge < -0.3 is 15.0 Å². The molecule has 0 unspecified atom stereocenters. The standard InChI is InChI=1S/C20H21ClN6O2/c1-13-11-14(2)27(25-13)18-6-4-16(21)19(24-18)20(28)23-17-5-3-15(12-22-17)26-7-9-29-10-8-26/h3-6,11-12H,7-10H2,1-2H3,(H,22,23,28). The molecule has 0 saturated carbocycles. The summed E-state index contributed by atoms with van der Waals surface area (Å²) in [6, 6.07) is 9.00. The molecule has 1 fully saturated rings. The number of nitrogens with zero attached hydrogens (tertiary/aromatic N) is 5. The lowest BCUT2D eigenvalue weighted by molar-refractivity contribution is 0.102. The minimum atomic E-state index is -0.426. The van der Waals surface area contributed by atoms with Gasteiger partial charge in [0.2, 0.25) is 0 Å². The largest absolute Gasteiger partial charge is 0.378 e. The smallest absolute Gasteiger partial charge is 0.277 e. The third-order valence-corrected chi connectivity index (χ3v) is 4.94. The minimum Gasteiger partial charge on any atom is -0.378 e. The molecule has 29 heavy (non-hydrogen) atoms. The Morgan fingerprint density at radius 1 is 1.17 bits per heavy atom. The minimum absolute atomic E-state index is 0.121. The van der Waals surface area contributed by atoms with E-state index in [2.05, 4.69) is 25.3 Å². The Labute approximate surface area is 173 Å². The van der Waals surface area contributed by atoms with Crippen molar-refractivity contribution >= 4 is 29.0 Å². The molecule has 4 heterocycles. The molecule has 0 radical (unpaired) electrons. The van der Waals surface area contributed by atoms with Crippen LogP contribution in [0.5, 0.6) is 0 Å². The second kappa shape index (κ2) is 8.18. The molecule has 0 spiro atoms. The number of hydrogen-bond acceptors (Lipinski definition) is 6. The molecule has 1 amide bonds. The molecule has 9 heteroatoms. The maximum Gasteiger partial charge on any atom is 0.277 e. The van der Waals surface area contributed by atoms with E-state index >= 15 is 0 Å². The summed E-state index contributed by atoms with van der Waals surface area (Å²) < 4.78 is 7.04. The van der Waals surface area contributed by atoms with Crippen LogP contribution < -0.4 is 10.2 Å². The average molecular weight is 413 g/mol. The van der Waals surface area contributed by atoms with Crippen LogP contribution in [-0.2, 0) is 4.74 Å². The molecule has 3 aromatic rings. The van der Waals surface area contributed by atoms with Gasteiger partial charge in [0.15, 0.2) is 5.82 Å². The normalized spacial score (nSPS) is 14.1. The zero-order valence-corrected chi connectivity index (χ0v) is 17.0. The molecule has 4 rings (SSSR count). The molecule has 1 N–H and O–H groups in total. The third kappa shape index (κ3) is 4.23. The number of anilines is 2. The number of rotatable bonds is 4. The van der Waals surface area contributed by atoms with Gasteiger partial charge in [-0.2, -0.15) is 5.10 Å². The number of amides is 1. The van der Waals surface area contributed by atoms with Gasteiger partial charge in [0.1, 0.15) is 11.5 Å². The number of nitrogens with one attached hydrogen (secondary N) is 1. The number of ether oxygens (including phenoxy) is 1. The summed E-state index contributed by atoms with van der Waals surface area (Å²) in [4.78, 5) is 23.7. The van der Waals surface area contributed by atoms with Gasteiger partial charge in [0.25, 0.3) is 5.91 Å². The summed E-state index contributed by atoms with van der Waals surface area (Å²) in [6.07, 6.45) is 1.74. The molecule has 1 aliphatic heterocycles. The van der Waals surface area contributed by atoms with Gasteiger partial charge in [-0.15, -0.1) is 0 Å². The van der Waals surface area contributed by atoms with Crippen molar-refractivity contribution in [3.8, 4) is 5.82 Å². The number of carbonyl (C=O) groups excluding carboxylic acids is 1. The van der Waals surface area contributed by atoms with Crippen LogP contribution in [0, 0.1) is 13.8 Å². The van der Waals surface area contributed by atoms with Crippen molar-refractivity contribution < 1.29 is 9.53 Å². The van der Waals surface area contributed by atoms with Gasteiger partial charge in [-0.1, -0.05) is 11.6 Å². The fraction of sp³-hybridized carbons (Fsp3) is 0.300. The lowest BCUT2D eigenvalue weighted by Gasteiger charge is -2.28. The second-order valence-electron chi connectivity index (χ2n) is 6.79. The van der Waals surface area contributed by atoms with Crippen LogP contribution in [-0.4, -0.2) is 52.0 Å². The Bertz CT molecular complexity index is 1030. The Kier molecular flexibility index (Phi) is 5.46. The van der Waals surface area contributed by atoms with E-state index < -0.39 is 5.91 Å². The highest BCUT2D eigenvalue weighted by atomic mass is 35.5. The van der Waals surface area contributed by atoms with Crippen LogP contribution in [0.3, 0.4) is 0 Å². The molecular formula is C20H21ClN6O2. The van der Waals surface area contributed by atoms with E-state index in [1.165, 1.54) is 0 Å². The molecule has 0 bridgehead atoms. The van der Waals surface area contributed by atoms with Crippen molar-refractivity contribution in [1.82, 2.24) is 19.7 Å². The Morgan fingerprint density at radius 3 is 2.62 bits per heavy atom. The first-order valence-electron chi connectivity index (χ1n) is 9.31. The monoisotopic (exact) mass is 412 g/mol. The summed E-state index contributed by atoms with van der Waals surface area (Å²) in [6.45, 7) is 6.88. The number of halogens is 1. The predicted octanol–water partition coefficient (Wildman–Crippen LogP) is 3.02. The molecule has 8 nitrogen and oxygen atoms in total. The number of hydrogen-bond donors (Lipinski definition) is 1. The first kappa shape index (κ1) is 19.4. The van der Waals surface area contributed by atoms with Crippen LogP contribution >= 0.6 is 11.6 Å². The second-order valence-corrected chi connectivity index (χ2v) is 7.20. The highest BCUT2D eigenvalue weighted by Crippen LogP contribution is 2.20. The zero-order valence-electron chi connectivity index (χ0n) is 16.2. The van der Waals surface area contributed by atoms with E-state index in [0.29, 0.717) is 24.8 Å². The molecule has 3 aromatic heterocycles. The quantitative estimate of drug-likeness (QED) is 0.709. The number of aromatic nitrogens is 4. The van der Waals surface area contributed by atoms with Crippen molar-refractivity contribution in [1.29, 1.82) is 0 Å². The van der Waals surface area contributed by atoms with Crippen molar-refractivity contribution in [3.63, 3.8) is 0 Å². The van der Waals surface area contributed by atoms with Gasteiger partial charge in [0.05, 0.1) is 35.8 Å². The molecule has 0 atom stereocenters. The van der Waals surface area contributed by atoms with Gasteiger partial charge in [-0.3, -0.25) is 4.79 Å². The summed E-state index contributed by atoms with van der Waals surface area (Å²) in [5.41, 5.74) is 2.91. The van der Waals surface area contributed by atoms with Crippen molar-refractivity contribution in [2.24, 2.45) is 0 Å². The lowest BCUT2D eigenvalue weighted by Crippen LogP contribution is -2.36. The highest BCUT2D eigenvalue weighted by molar-refractivity contribution is 6.34. The number of aryl methyl sites for hydroxylation is 2. The maximum atomic E-state index is 12.7.